The van der Waals surface area contributed by atoms with Crippen LogP contribution in [0.5, 0.6) is 17.2 Å². The van der Waals surface area contributed by atoms with Crippen LogP contribution in [0.4, 0.5) is 0 Å². The summed E-state index contributed by atoms with van der Waals surface area (Å²) in [6, 6.07) is 3.11. The molecule has 1 aromatic rings. The number of benzene rings is 1. The summed E-state index contributed by atoms with van der Waals surface area (Å²) in [5, 5.41) is 31.3. The molecule has 15 heavy (non-hydrogen) atoms. The smallest absolute Gasteiger partial charge is 0.200 e. The number of hydrogen-bond acceptors (Lipinski definition) is 4. The average molecular weight is 232 g/mol. The molecule has 1 aliphatic rings. The standard InChI is InChI=1S/C10H13NO3.ClH/c12-8-4-3-6(9(13)10(8)14)7-2-1-5-11-7;/h3-4,7,11-14H,1-2,5H2;1H/t7-;/m0./s1. The van der Waals surface area contributed by atoms with Gasteiger partial charge in [-0.2, -0.15) is 0 Å². The van der Waals surface area contributed by atoms with E-state index in [-0.39, 0.29) is 29.9 Å². The van der Waals surface area contributed by atoms with Crippen molar-refractivity contribution < 1.29 is 15.3 Å². The summed E-state index contributed by atoms with van der Waals surface area (Å²) in [6.45, 7) is 0.922. The Labute approximate surface area is 94.0 Å². The van der Waals surface area contributed by atoms with Crippen molar-refractivity contribution in [3.63, 3.8) is 0 Å². The van der Waals surface area contributed by atoms with Gasteiger partial charge in [-0.15, -0.1) is 12.4 Å². The fourth-order valence-electron chi connectivity index (χ4n) is 1.82. The third-order valence-electron chi connectivity index (χ3n) is 2.60. The first-order valence-corrected chi connectivity index (χ1v) is 4.67. The summed E-state index contributed by atoms with van der Waals surface area (Å²) >= 11 is 0. The van der Waals surface area contributed by atoms with Gasteiger partial charge in [0, 0.05) is 11.6 Å². The van der Waals surface area contributed by atoms with Crippen LogP contribution in [0.15, 0.2) is 12.1 Å². The number of halogens is 1. The number of nitrogens with one attached hydrogen (secondary N) is 1. The molecule has 1 aliphatic heterocycles. The lowest BCUT2D eigenvalue weighted by molar-refractivity contribution is 0.362. The predicted molar refractivity (Wildman–Crippen MR) is 58.7 cm³/mol. The van der Waals surface area contributed by atoms with Crippen LogP contribution in [0, 0.1) is 0 Å². The molecule has 1 heterocycles. The average Bonchev–Trinajstić information content (AvgIpc) is 2.67. The number of hydrogen-bond donors (Lipinski definition) is 4. The highest BCUT2D eigenvalue weighted by Gasteiger charge is 2.21. The minimum atomic E-state index is -0.434. The van der Waals surface area contributed by atoms with Crippen molar-refractivity contribution in [3.05, 3.63) is 17.7 Å². The van der Waals surface area contributed by atoms with Crippen LogP contribution < -0.4 is 5.32 Å². The van der Waals surface area contributed by atoms with E-state index in [2.05, 4.69) is 5.32 Å². The molecule has 0 bridgehead atoms. The van der Waals surface area contributed by atoms with Gasteiger partial charge in [-0.1, -0.05) is 0 Å². The molecule has 4 N–H and O–H groups in total. The Morgan fingerprint density at radius 3 is 2.47 bits per heavy atom. The van der Waals surface area contributed by atoms with Crippen molar-refractivity contribution in [2.75, 3.05) is 6.54 Å². The molecule has 84 valence electrons. The Hall–Kier alpha value is -1.13. The molecule has 0 radical (unpaired) electrons. The van der Waals surface area contributed by atoms with Gasteiger partial charge in [0.15, 0.2) is 11.5 Å². The van der Waals surface area contributed by atoms with E-state index >= 15 is 0 Å². The molecule has 0 amide bonds. The van der Waals surface area contributed by atoms with Crippen molar-refractivity contribution in [1.29, 1.82) is 0 Å². The lowest BCUT2D eigenvalue weighted by atomic mass is 10.0. The van der Waals surface area contributed by atoms with Crippen LogP contribution >= 0.6 is 12.4 Å². The van der Waals surface area contributed by atoms with Crippen LogP contribution in [0.3, 0.4) is 0 Å². The Morgan fingerprint density at radius 1 is 1.13 bits per heavy atom. The molecule has 1 atom stereocenters. The number of phenolic OH excluding ortho intramolecular Hbond substituents is 3. The molecule has 1 fully saturated rings. The van der Waals surface area contributed by atoms with Gasteiger partial charge in [-0.05, 0) is 31.5 Å². The first kappa shape index (κ1) is 11.9. The number of aromatic hydroxyl groups is 3. The first-order chi connectivity index (χ1) is 6.70. The van der Waals surface area contributed by atoms with Gasteiger partial charge >= 0.3 is 0 Å². The van der Waals surface area contributed by atoms with E-state index in [4.69, 9.17) is 5.11 Å². The molecule has 0 aliphatic carbocycles. The molecule has 5 heteroatoms. The molecular weight excluding hydrogens is 218 g/mol. The monoisotopic (exact) mass is 231 g/mol. The minimum absolute atomic E-state index is 0. The van der Waals surface area contributed by atoms with Crippen molar-refractivity contribution in [1.82, 2.24) is 5.32 Å². The van der Waals surface area contributed by atoms with Crippen LogP contribution in [0.1, 0.15) is 24.4 Å². The zero-order valence-electron chi connectivity index (χ0n) is 8.10. The Morgan fingerprint density at radius 2 is 1.87 bits per heavy atom. The van der Waals surface area contributed by atoms with Gasteiger partial charge in [-0.3, -0.25) is 0 Å². The van der Waals surface area contributed by atoms with Gasteiger partial charge in [0.2, 0.25) is 5.75 Å². The Kier molecular flexibility index (Phi) is 3.66. The normalized spacial score (nSPS) is 19.9. The van der Waals surface area contributed by atoms with Gasteiger partial charge in [0.25, 0.3) is 0 Å². The van der Waals surface area contributed by atoms with E-state index in [9.17, 15) is 10.2 Å². The first-order valence-electron chi connectivity index (χ1n) is 4.67. The molecule has 2 rings (SSSR count). The topological polar surface area (TPSA) is 72.7 Å². The third-order valence-corrected chi connectivity index (χ3v) is 2.60. The van der Waals surface area contributed by atoms with E-state index in [0.717, 1.165) is 19.4 Å². The summed E-state index contributed by atoms with van der Waals surface area (Å²) < 4.78 is 0. The Bertz CT molecular complexity index is 351. The zero-order chi connectivity index (χ0) is 10.1. The van der Waals surface area contributed by atoms with E-state index in [1.165, 1.54) is 6.07 Å². The summed E-state index contributed by atoms with van der Waals surface area (Å²) in [7, 11) is 0. The third kappa shape index (κ3) is 2.11. The fraction of sp³-hybridized carbons (Fsp3) is 0.400. The molecule has 0 spiro atoms. The summed E-state index contributed by atoms with van der Waals surface area (Å²) in [5.74, 6) is -0.940. The number of rotatable bonds is 1. The van der Waals surface area contributed by atoms with Crippen molar-refractivity contribution >= 4 is 12.4 Å². The second-order valence-corrected chi connectivity index (χ2v) is 3.52. The molecule has 0 unspecified atom stereocenters. The van der Waals surface area contributed by atoms with Gasteiger partial charge < -0.3 is 20.6 Å². The van der Waals surface area contributed by atoms with E-state index in [1.807, 2.05) is 0 Å². The SMILES string of the molecule is Cl.Oc1ccc([C@@H]2CCCN2)c(O)c1O. The van der Waals surface area contributed by atoms with E-state index < -0.39 is 5.75 Å². The van der Waals surface area contributed by atoms with Crippen molar-refractivity contribution in [2.24, 2.45) is 0 Å². The van der Waals surface area contributed by atoms with Gasteiger partial charge in [-0.25, -0.2) is 0 Å². The fourth-order valence-corrected chi connectivity index (χ4v) is 1.82. The lowest BCUT2D eigenvalue weighted by Gasteiger charge is -2.13. The molecular formula is C10H14ClNO3. The molecule has 1 saturated heterocycles. The molecule has 4 nitrogen and oxygen atoms in total. The predicted octanol–water partition coefficient (Wildman–Crippen LogP) is 1.65. The second-order valence-electron chi connectivity index (χ2n) is 3.52. The lowest BCUT2D eigenvalue weighted by Crippen LogP contribution is -2.12. The quantitative estimate of drug-likeness (QED) is 0.555. The second kappa shape index (κ2) is 4.59. The Balaban J connectivity index is 0.00000112. The minimum Gasteiger partial charge on any atom is -0.504 e. The number of phenols is 3. The highest BCUT2D eigenvalue weighted by Crippen LogP contribution is 2.41. The molecule has 0 saturated carbocycles. The largest absolute Gasteiger partial charge is 0.504 e. The maximum atomic E-state index is 9.59. The molecule has 0 aromatic heterocycles. The summed E-state index contributed by atoms with van der Waals surface area (Å²) in [4.78, 5) is 0. The van der Waals surface area contributed by atoms with Crippen molar-refractivity contribution in [3.8, 4) is 17.2 Å². The maximum Gasteiger partial charge on any atom is 0.200 e. The summed E-state index contributed by atoms with van der Waals surface area (Å²) in [6.07, 6.45) is 2.00. The van der Waals surface area contributed by atoms with Gasteiger partial charge in [0.1, 0.15) is 0 Å². The van der Waals surface area contributed by atoms with E-state index in [0.29, 0.717) is 5.56 Å². The van der Waals surface area contributed by atoms with Gasteiger partial charge in [0.05, 0.1) is 0 Å². The zero-order valence-corrected chi connectivity index (χ0v) is 8.92. The van der Waals surface area contributed by atoms with Crippen LogP contribution in [-0.2, 0) is 0 Å². The van der Waals surface area contributed by atoms with E-state index in [1.54, 1.807) is 6.07 Å². The van der Waals surface area contributed by atoms with Crippen molar-refractivity contribution in [2.45, 2.75) is 18.9 Å². The molecule has 1 aromatic carbocycles. The van der Waals surface area contributed by atoms with Crippen LogP contribution in [0.2, 0.25) is 0 Å². The van der Waals surface area contributed by atoms with Crippen LogP contribution in [0.25, 0.3) is 0 Å². The maximum absolute atomic E-state index is 9.59. The highest BCUT2D eigenvalue weighted by molar-refractivity contribution is 5.85. The summed E-state index contributed by atoms with van der Waals surface area (Å²) in [5.41, 5.74) is 0.651. The van der Waals surface area contributed by atoms with Crippen LogP contribution in [-0.4, -0.2) is 21.9 Å². The highest BCUT2D eigenvalue weighted by atomic mass is 35.5.